The van der Waals surface area contributed by atoms with Crippen LogP contribution in [0.4, 0.5) is 10.1 Å². The van der Waals surface area contributed by atoms with Crippen LogP contribution in [0.15, 0.2) is 24.3 Å². The lowest BCUT2D eigenvalue weighted by molar-refractivity contribution is 0.474. The van der Waals surface area contributed by atoms with Gasteiger partial charge in [-0.25, -0.2) is 4.39 Å². The fourth-order valence-electron chi connectivity index (χ4n) is 2.72. The van der Waals surface area contributed by atoms with E-state index in [9.17, 15) is 4.39 Å². The standard InChI is InChI=1S/C12H15FN2/c13-10-2-1-3-12(5-10)15-7-9-4-11(8-15)14-6-9/h1-3,5,9,11,14H,4,6-8H2. The van der Waals surface area contributed by atoms with E-state index >= 15 is 0 Å². The summed E-state index contributed by atoms with van der Waals surface area (Å²) in [5.41, 5.74) is 1.02. The molecule has 2 aliphatic heterocycles. The molecule has 2 heterocycles. The summed E-state index contributed by atoms with van der Waals surface area (Å²) in [4.78, 5) is 2.29. The maximum Gasteiger partial charge on any atom is 0.125 e. The zero-order valence-electron chi connectivity index (χ0n) is 8.62. The van der Waals surface area contributed by atoms with Crippen LogP contribution < -0.4 is 10.2 Å². The Bertz CT molecular complexity index is 354. The van der Waals surface area contributed by atoms with Gasteiger partial charge in [-0.1, -0.05) is 6.07 Å². The molecule has 1 N–H and O–H groups in total. The Hall–Kier alpha value is -1.09. The lowest BCUT2D eigenvalue weighted by atomic mass is 9.99. The van der Waals surface area contributed by atoms with Crippen LogP contribution in [0.5, 0.6) is 0 Å². The molecule has 0 saturated carbocycles. The molecule has 15 heavy (non-hydrogen) atoms. The Kier molecular flexibility index (Phi) is 2.13. The van der Waals surface area contributed by atoms with Gasteiger partial charge < -0.3 is 10.2 Å². The molecule has 1 aromatic rings. The fraction of sp³-hybridized carbons (Fsp3) is 0.500. The summed E-state index contributed by atoms with van der Waals surface area (Å²) in [6.45, 7) is 3.20. The lowest BCUT2D eigenvalue weighted by Gasteiger charge is -2.32. The van der Waals surface area contributed by atoms with E-state index < -0.39 is 0 Å². The molecule has 2 atom stereocenters. The average molecular weight is 206 g/mol. The van der Waals surface area contributed by atoms with E-state index in [1.807, 2.05) is 6.07 Å². The molecule has 2 aliphatic rings. The molecular formula is C12H15FN2. The normalized spacial score (nSPS) is 29.5. The summed E-state index contributed by atoms with van der Waals surface area (Å²) in [7, 11) is 0. The molecule has 0 aliphatic carbocycles. The van der Waals surface area contributed by atoms with Crippen molar-refractivity contribution in [3.05, 3.63) is 30.1 Å². The number of fused-ring (bicyclic) bond motifs is 2. The molecule has 0 radical (unpaired) electrons. The first-order chi connectivity index (χ1) is 7.31. The molecule has 2 unspecified atom stereocenters. The van der Waals surface area contributed by atoms with Crippen LogP contribution in [-0.4, -0.2) is 25.7 Å². The molecule has 0 aromatic heterocycles. The second-order valence-corrected chi connectivity index (χ2v) is 4.59. The molecule has 1 aromatic carbocycles. The maximum atomic E-state index is 13.1. The van der Waals surface area contributed by atoms with Gasteiger partial charge in [-0.2, -0.15) is 0 Å². The zero-order chi connectivity index (χ0) is 10.3. The van der Waals surface area contributed by atoms with Gasteiger partial charge in [-0.3, -0.25) is 0 Å². The monoisotopic (exact) mass is 206 g/mol. The van der Waals surface area contributed by atoms with Crippen molar-refractivity contribution in [2.75, 3.05) is 24.5 Å². The molecule has 0 spiro atoms. The highest BCUT2D eigenvalue weighted by atomic mass is 19.1. The number of anilines is 1. The molecule has 3 rings (SSSR count). The fourth-order valence-corrected chi connectivity index (χ4v) is 2.72. The van der Waals surface area contributed by atoms with E-state index in [1.54, 1.807) is 12.1 Å². The highest BCUT2D eigenvalue weighted by molar-refractivity contribution is 5.47. The first-order valence-electron chi connectivity index (χ1n) is 5.55. The maximum absolute atomic E-state index is 13.1. The quantitative estimate of drug-likeness (QED) is 0.751. The van der Waals surface area contributed by atoms with Crippen LogP contribution in [0.25, 0.3) is 0 Å². The number of piperidine rings is 1. The number of rotatable bonds is 1. The molecular weight excluding hydrogens is 191 g/mol. The van der Waals surface area contributed by atoms with Crippen molar-refractivity contribution in [2.24, 2.45) is 5.92 Å². The van der Waals surface area contributed by atoms with Crippen LogP contribution in [0, 0.1) is 11.7 Å². The van der Waals surface area contributed by atoms with Crippen molar-refractivity contribution in [1.82, 2.24) is 5.32 Å². The third-order valence-electron chi connectivity index (χ3n) is 3.41. The number of nitrogens with zero attached hydrogens (tertiary/aromatic N) is 1. The van der Waals surface area contributed by atoms with Gasteiger partial charge in [0.15, 0.2) is 0 Å². The highest BCUT2D eigenvalue weighted by Crippen LogP contribution is 2.26. The van der Waals surface area contributed by atoms with E-state index in [2.05, 4.69) is 10.2 Å². The van der Waals surface area contributed by atoms with Crippen molar-refractivity contribution in [3.8, 4) is 0 Å². The summed E-state index contributed by atoms with van der Waals surface area (Å²) < 4.78 is 13.1. The molecule has 2 nitrogen and oxygen atoms in total. The van der Waals surface area contributed by atoms with Crippen molar-refractivity contribution in [3.63, 3.8) is 0 Å². The van der Waals surface area contributed by atoms with Crippen molar-refractivity contribution in [1.29, 1.82) is 0 Å². The first-order valence-corrected chi connectivity index (χ1v) is 5.55. The molecule has 2 fully saturated rings. The number of nitrogens with one attached hydrogen (secondary N) is 1. The molecule has 3 heteroatoms. The summed E-state index contributed by atoms with van der Waals surface area (Å²) >= 11 is 0. The van der Waals surface area contributed by atoms with E-state index in [4.69, 9.17) is 0 Å². The Morgan fingerprint density at radius 3 is 3.07 bits per heavy atom. The molecule has 2 saturated heterocycles. The zero-order valence-corrected chi connectivity index (χ0v) is 8.62. The lowest BCUT2D eigenvalue weighted by Crippen LogP contribution is -2.41. The average Bonchev–Trinajstić information content (AvgIpc) is 2.58. The number of benzene rings is 1. The number of halogens is 1. The molecule has 2 bridgehead atoms. The predicted molar refractivity (Wildman–Crippen MR) is 58.5 cm³/mol. The Labute approximate surface area is 89.1 Å². The number of hydrogen-bond acceptors (Lipinski definition) is 2. The van der Waals surface area contributed by atoms with E-state index in [1.165, 1.54) is 12.5 Å². The van der Waals surface area contributed by atoms with Gasteiger partial charge in [-0.15, -0.1) is 0 Å². The van der Waals surface area contributed by atoms with Gasteiger partial charge in [0, 0.05) is 31.4 Å². The second kappa shape index (κ2) is 3.49. The van der Waals surface area contributed by atoms with Gasteiger partial charge in [0.25, 0.3) is 0 Å². The van der Waals surface area contributed by atoms with Crippen LogP contribution in [0.1, 0.15) is 6.42 Å². The highest BCUT2D eigenvalue weighted by Gasteiger charge is 2.32. The van der Waals surface area contributed by atoms with Crippen LogP contribution in [-0.2, 0) is 0 Å². The Morgan fingerprint density at radius 1 is 1.33 bits per heavy atom. The minimum atomic E-state index is -0.140. The van der Waals surface area contributed by atoms with Crippen LogP contribution in [0.2, 0.25) is 0 Å². The van der Waals surface area contributed by atoms with Crippen molar-refractivity contribution in [2.45, 2.75) is 12.5 Å². The SMILES string of the molecule is Fc1cccc(N2CC3CNC(C3)C2)c1. The van der Waals surface area contributed by atoms with Gasteiger partial charge >= 0.3 is 0 Å². The second-order valence-electron chi connectivity index (χ2n) is 4.59. The van der Waals surface area contributed by atoms with E-state index in [0.717, 1.165) is 31.2 Å². The Balaban J connectivity index is 1.83. The predicted octanol–water partition coefficient (Wildman–Crippen LogP) is 1.62. The summed E-state index contributed by atoms with van der Waals surface area (Å²) in [5.74, 6) is 0.602. The first kappa shape index (κ1) is 9.16. The smallest absolute Gasteiger partial charge is 0.125 e. The van der Waals surface area contributed by atoms with Crippen molar-refractivity contribution < 1.29 is 4.39 Å². The summed E-state index contributed by atoms with van der Waals surface area (Å²) in [5, 5.41) is 3.50. The Morgan fingerprint density at radius 2 is 2.27 bits per heavy atom. The van der Waals surface area contributed by atoms with Gasteiger partial charge in [0.05, 0.1) is 0 Å². The molecule has 0 amide bonds. The topological polar surface area (TPSA) is 15.3 Å². The van der Waals surface area contributed by atoms with Crippen molar-refractivity contribution >= 4 is 5.69 Å². The minimum absolute atomic E-state index is 0.140. The van der Waals surface area contributed by atoms with E-state index in [-0.39, 0.29) is 5.82 Å². The third-order valence-corrected chi connectivity index (χ3v) is 3.41. The van der Waals surface area contributed by atoms with Crippen LogP contribution in [0.3, 0.4) is 0 Å². The van der Waals surface area contributed by atoms with Gasteiger partial charge in [-0.05, 0) is 30.5 Å². The summed E-state index contributed by atoms with van der Waals surface area (Å²) in [6, 6.07) is 7.51. The molecule has 80 valence electrons. The third kappa shape index (κ3) is 1.72. The van der Waals surface area contributed by atoms with Crippen LogP contribution >= 0.6 is 0 Å². The minimum Gasteiger partial charge on any atom is -0.370 e. The van der Waals surface area contributed by atoms with Gasteiger partial charge in [0.2, 0.25) is 0 Å². The summed E-state index contributed by atoms with van der Waals surface area (Å²) in [6.07, 6.45) is 1.28. The van der Waals surface area contributed by atoms with E-state index in [0.29, 0.717) is 6.04 Å². The van der Waals surface area contributed by atoms with Gasteiger partial charge in [0.1, 0.15) is 5.82 Å². The number of hydrogen-bond donors (Lipinski definition) is 1. The largest absolute Gasteiger partial charge is 0.370 e.